The van der Waals surface area contributed by atoms with E-state index in [9.17, 15) is 4.79 Å². The molecule has 98 valence electrons. The van der Waals surface area contributed by atoms with Crippen molar-refractivity contribution in [3.05, 3.63) is 35.4 Å². The molecule has 0 N–H and O–H groups in total. The summed E-state index contributed by atoms with van der Waals surface area (Å²) in [6.45, 7) is 4.41. The van der Waals surface area contributed by atoms with Gasteiger partial charge in [-0.05, 0) is 18.9 Å². The van der Waals surface area contributed by atoms with Crippen LogP contribution in [0.2, 0.25) is 0 Å². The molecule has 1 aromatic carbocycles. The van der Waals surface area contributed by atoms with Crippen LogP contribution in [-0.4, -0.2) is 23.0 Å². The molecule has 1 aromatic rings. The largest absolute Gasteiger partial charge is 0.297 e. The predicted molar refractivity (Wildman–Crippen MR) is 76.7 cm³/mol. The Labute approximate surface area is 114 Å². The van der Waals surface area contributed by atoms with Crippen LogP contribution in [0, 0.1) is 18.9 Å². The lowest BCUT2D eigenvalue weighted by molar-refractivity contribution is -0.118. The lowest BCUT2D eigenvalue weighted by Crippen LogP contribution is -2.30. The second kappa shape index (κ2) is 6.19. The fraction of sp³-hybridized carbons (Fsp3) is 0.375. The molecule has 0 amide bonds. The first-order valence-corrected chi connectivity index (χ1v) is 6.62. The highest BCUT2D eigenvalue weighted by Gasteiger charge is 2.20. The van der Waals surface area contributed by atoms with Crippen LogP contribution in [0.25, 0.3) is 0 Å². The summed E-state index contributed by atoms with van der Waals surface area (Å²) in [5, 5.41) is 6.06. The first-order chi connectivity index (χ1) is 9.20. The predicted octanol–water partition coefficient (Wildman–Crippen LogP) is 2.73. The molecular formula is C16H18N2O. The lowest BCUT2D eigenvalue weighted by Gasteiger charge is -2.20. The molecule has 0 saturated carbocycles. The number of Topliss-reactive ketones (excluding diaryl/α,β-unsaturated/α-hetero) is 1. The molecule has 3 nitrogen and oxygen atoms in total. The number of unbranched alkanes of at least 4 members (excludes halogenated alkanes) is 1. The van der Waals surface area contributed by atoms with E-state index in [2.05, 4.69) is 24.0 Å². The van der Waals surface area contributed by atoms with Crippen molar-refractivity contribution >= 4 is 11.5 Å². The van der Waals surface area contributed by atoms with Crippen LogP contribution in [0.3, 0.4) is 0 Å². The number of ketones is 1. The first-order valence-electron chi connectivity index (χ1n) is 6.62. The Morgan fingerprint density at radius 3 is 2.89 bits per heavy atom. The van der Waals surface area contributed by atoms with Gasteiger partial charge in [-0.1, -0.05) is 37.1 Å². The summed E-state index contributed by atoms with van der Waals surface area (Å²) in [7, 11) is 0. The third kappa shape index (κ3) is 3.45. The van der Waals surface area contributed by atoms with Crippen molar-refractivity contribution in [1.29, 1.82) is 0 Å². The SMILES string of the molecule is CCCC#CN1CC(=O)CC(c2ccccc2C)=N1. The van der Waals surface area contributed by atoms with Crippen molar-refractivity contribution in [1.82, 2.24) is 5.01 Å². The number of aryl methyl sites for hydroxylation is 1. The molecule has 2 rings (SSSR count). The van der Waals surface area contributed by atoms with Gasteiger partial charge in [0.05, 0.1) is 12.1 Å². The van der Waals surface area contributed by atoms with Crippen molar-refractivity contribution in [2.45, 2.75) is 33.1 Å². The molecule has 0 unspecified atom stereocenters. The number of rotatable bonds is 2. The molecule has 1 heterocycles. The molecule has 19 heavy (non-hydrogen) atoms. The molecule has 1 aliphatic heterocycles. The van der Waals surface area contributed by atoms with Gasteiger partial charge in [-0.15, -0.1) is 0 Å². The normalized spacial score (nSPS) is 14.7. The number of nitrogens with zero attached hydrogens (tertiary/aromatic N) is 2. The Hall–Kier alpha value is -2.08. The highest BCUT2D eigenvalue weighted by Crippen LogP contribution is 2.15. The molecule has 0 bridgehead atoms. The van der Waals surface area contributed by atoms with Gasteiger partial charge in [-0.25, -0.2) is 5.01 Å². The van der Waals surface area contributed by atoms with E-state index >= 15 is 0 Å². The van der Waals surface area contributed by atoms with Crippen LogP contribution in [0.15, 0.2) is 29.4 Å². The summed E-state index contributed by atoms with van der Waals surface area (Å²) in [6, 6.07) is 10.9. The van der Waals surface area contributed by atoms with Crippen molar-refractivity contribution in [3.63, 3.8) is 0 Å². The van der Waals surface area contributed by atoms with E-state index in [0.717, 1.165) is 29.7 Å². The number of carbonyl (C=O) groups excluding carboxylic acids is 1. The molecule has 1 aliphatic rings. The summed E-state index contributed by atoms with van der Waals surface area (Å²) in [4.78, 5) is 11.8. The average molecular weight is 254 g/mol. The van der Waals surface area contributed by atoms with E-state index in [1.807, 2.05) is 31.2 Å². The molecule has 0 radical (unpaired) electrons. The number of hydrogen-bond acceptors (Lipinski definition) is 3. The summed E-state index contributed by atoms with van der Waals surface area (Å²) < 4.78 is 0. The minimum atomic E-state index is 0.166. The summed E-state index contributed by atoms with van der Waals surface area (Å²) in [6.07, 6.45) is 2.25. The van der Waals surface area contributed by atoms with Gasteiger partial charge >= 0.3 is 0 Å². The number of benzene rings is 1. The molecule has 0 spiro atoms. The van der Waals surface area contributed by atoms with Crippen LogP contribution < -0.4 is 0 Å². The molecule has 0 saturated heterocycles. The van der Waals surface area contributed by atoms with E-state index in [0.29, 0.717) is 13.0 Å². The maximum absolute atomic E-state index is 11.8. The van der Waals surface area contributed by atoms with Crippen LogP contribution >= 0.6 is 0 Å². The second-order valence-electron chi connectivity index (χ2n) is 4.67. The van der Waals surface area contributed by atoms with Gasteiger partial charge in [0.2, 0.25) is 0 Å². The van der Waals surface area contributed by atoms with E-state index in [-0.39, 0.29) is 5.78 Å². The van der Waals surface area contributed by atoms with Crippen LogP contribution in [0.4, 0.5) is 0 Å². The highest BCUT2D eigenvalue weighted by atomic mass is 16.1. The zero-order valence-corrected chi connectivity index (χ0v) is 11.4. The maximum atomic E-state index is 11.8. The summed E-state index contributed by atoms with van der Waals surface area (Å²) >= 11 is 0. The van der Waals surface area contributed by atoms with E-state index < -0.39 is 0 Å². The minimum absolute atomic E-state index is 0.166. The third-order valence-electron chi connectivity index (χ3n) is 2.97. The monoisotopic (exact) mass is 254 g/mol. The lowest BCUT2D eigenvalue weighted by atomic mass is 9.99. The first kappa shape index (κ1) is 13.4. The molecule has 0 aliphatic carbocycles. The summed E-state index contributed by atoms with van der Waals surface area (Å²) in [5.41, 5.74) is 3.00. The van der Waals surface area contributed by atoms with Crippen LogP contribution in [-0.2, 0) is 4.79 Å². The van der Waals surface area contributed by atoms with Gasteiger partial charge in [0.25, 0.3) is 0 Å². The van der Waals surface area contributed by atoms with E-state index in [4.69, 9.17) is 0 Å². The zero-order chi connectivity index (χ0) is 13.7. The van der Waals surface area contributed by atoms with Gasteiger partial charge in [0, 0.05) is 18.0 Å². The Morgan fingerprint density at radius 2 is 2.16 bits per heavy atom. The van der Waals surface area contributed by atoms with Crippen LogP contribution in [0.5, 0.6) is 0 Å². The Balaban J connectivity index is 2.27. The second-order valence-corrected chi connectivity index (χ2v) is 4.67. The van der Waals surface area contributed by atoms with Gasteiger partial charge in [0.15, 0.2) is 5.78 Å². The molecule has 3 heteroatoms. The Bertz CT molecular complexity index is 564. The fourth-order valence-corrected chi connectivity index (χ4v) is 2.01. The van der Waals surface area contributed by atoms with Crippen molar-refractivity contribution in [2.24, 2.45) is 5.10 Å². The Morgan fingerprint density at radius 1 is 1.37 bits per heavy atom. The topological polar surface area (TPSA) is 32.7 Å². The van der Waals surface area contributed by atoms with Crippen molar-refractivity contribution in [3.8, 4) is 12.0 Å². The quantitative estimate of drug-likeness (QED) is 0.760. The molecule has 0 atom stereocenters. The minimum Gasteiger partial charge on any atom is -0.297 e. The van der Waals surface area contributed by atoms with Gasteiger partial charge in [-0.2, -0.15) is 5.10 Å². The Kier molecular flexibility index (Phi) is 4.35. The van der Waals surface area contributed by atoms with Crippen molar-refractivity contribution in [2.75, 3.05) is 6.54 Å². The third-order valence-corrected chi connectivity index (χ3v) is 2.97. The molecule has 0 aromatic heterocycles. The summed E-state index contributed by atoms with van der Waals surface area (Å²) in [5.74, 6) is 3.19. The van der Waals surface area contributed by atoms with Crippen molar-refractivity contribution < 1.29 is 4.79 Å². The molecular weight excluding hydrogens is 236 g/mol. The van der Waals surface area contributed by atoms with Gasteiger partial charge < -0.3 is 0 Å². The van der Waals surface area contributed by atoms with Gasteiger partial charge in [0.1, 0.15) is 6.54 Å². The standard InChI is InChI=1S/C16H18N2O/c1-3-4-7-10-18-12-14(19)11-16(17-18)15-9-6-5-8-13(15)2/h5-6,8-9H,3-4,11-12H2,1-2H3. The number of hydrogen-bond donors (Lipinski definition) is 0. The van der Waals surface area contributed by atoms with Gasteiger partial charge in [-0.3, -0.25) is 4.79 Å². The van der Waals surface area contributed by atoms with E-state index in [1.54, 1.807) is 5.01 Å². The number of hydrazone groups is 1. The zero-order valence-electron chi connectivity index (χ0n) is 11.4. The maximum Gasteiger partial charge on any atom is 0.161 e. The smallest absolute Gasteiger partial charge is 0.161 e. The van der Waals surface area contributed by atoms with Crippen LogP contribution in [0.1, 0.15) is 37.3 Å². The average Bonchev–Trinajstić information content (AvgIpc) is 2.39. The van der Waals surface area contributed by atoms with E-state index in [1.165, 1.54) is 0 Å². The highest BCUT2D eigenvalue weighted by molar-refractivity contribution is 6.13. The fourth-order valence-electron chi connectivity index (χ4n) is 2.01. The number of carbonyl (C=O) groups is 1. The molecule has 0 fully saturated rings.